The summed E-state index contributed by atoms with van der Waals surface area (Å²) in [6, 6.07) is 5.60. The Morgan fingerprint density at radius 2 is 2.23 bits per heavy atom. The first-order chi connectivity index (χ1) is 12.7. The lowest BCUT2D eigenvalue weighted by Gasteiger charge is -2.32. The molecule has 1 aliphatic carbocycles. The summed E-state index contributed by atoms with van der Waals surface area (Å²) in [4.78, 5) is 15.1. The predicted octanol–water partition coefficient (Wildman–Crippen LogP) is 1.37. The van der Waals surface area contributed by atoms with Crippen molar-refractivity contribution in [3.8, 4) is 0 Å². The van der Waals surface area contributed by atoms with Crippen molar-refractivity contribution in [3.63, 3.8) is 0 Å². The average Bonchev–Trinajstić information content (AvgIpc) is 3.06. The highest BCUT2D eigenvalue weighted by molar-refractivity contribution is 7.03. The van der Waals surface area contributed by atoms with Gasteiger partial charge in [0, 0.05) is 24.2 Å². The highest BCUT2D eigenvalue weighted by Gasteiger charge is 2.55. The Morgan fingerprint density at radius 1 is 1.35 bits per heavy atom. The number of amides is 1. The molecule has 5 rings (SSSR count). The van der Waals surface area contributed by atoms with E-state index >= 15 is 0 Å². The normalized spacial score (nSPS) is 21.9. The predicted molar refractivity (Wildman–Crippen MR) is 95.7 cm³/mol. The lowest BCUT2D eigenvalue weighted by molar-refractivity contribution is 0.0926. The number of carbonyl (C=O) groups is 1. The molecule has 0 aromatic carbocycles. The van der Waals surface area contributed by atoms with Gasteiger partial charge in [-0.1, -0.05) is 6.07 Å². The van der Waals surface area contributed by atoms with Crippen LogP contribution in [-0.2, 0) is 6.54 Å². The van der Waals surface area contributed by atoms with Crippen molar-refractivity contribution in [1.29, 1.82) is 0 Å². The number of hydrogen-bond acceptors (Lipinski definition) is 7. The number of aromatic nitrogens is 5. The zero-order valence-electron chi connectivity index (χ0n) is 14.2. The Morgan fingerprint density at radius 3 is 3.04 bits per heavy atom. The Balaban J connectivity index is 1.20. The molecule has 3 aromatic heterocycles. The number of likely N-dealkylation sites (tertiary alicyclic amines) is 1. The van der Waals surface area contributed by atoms with Crippen LogP contribution in [0.5, 0.6) is 0 Å². The number of pyridine rings is 1. The van der Waals surface area contributed by atoms with Gasteiger partial charge in [0.05, 0.1) is 0 Å². The molecule has 0 radical (unpaired) electrons. The zero-order valence-corrected chi connectivity index (χ0v) is 15.0. The first-order valence-corrected chi connectivity index (χ1v) is 9.66. The van der Waals surface area contributed by atoms with Crippen LogP contribution in [-0.4, -0.2) is 54.4 Å². The van der Waals surface area contributed by atoms with Crippen LogP contribution in [0.4, 0.5) is 0 Å². The highest BCUT2D eigenvalue weighted by Crippen LogP contribution is 2.54. The third kappa shape index (κ3) is 2.77. The minimum absolute atomic E-state index is 0.100. The largest absolute Gasteiger partial charge is 0.347 e. The van der Waals surface area contributed by atoms with Gasteiger partial charge in [0.25, 0.3) is 5.91 Å². The van der Waals surface area contributed by atoms with Crippen LogP contribution in [0.15, 0.2) is 29.8 Å². The van der Waals surface area contributed by atoms with Crippen LogP contribution in [0.25, 0.3) is 5.65 Å². The minimum Gasteiger partial charge on any atom is -0.347 e. The number of nitrogens with zero attached hydrogens (tertiary/aromatic N) is 6. The summed E-state index contributed by atoms with van der Waals surface area (Å²) >= 11 is 1.51. The van der Waals surface area contributed by atoms with Gasteiger partial charge in [-0.3, -0.25) is 9.69 Å². The van der Waals surface area contributed by atoms with E-state index in [9.17, 15) is 4.79 Å². The zero-order chi connectivity index (χ0) is 17.6. The number of fused-ring (bicyclic) bond motifs is 1. The molecule has 134 valence electrons. The smallest absolute Gasteiger partial charge is 0.270 e. The van der Waals surface area contributed by atoms with Gasteiger partial charge in [0.15, 0.2) is 5.65 Å². The number of piperidine rings is 1. The van der Waals surface area contributed by atoms with Crippen LogP contribution < -0.4 is 5.32 Å². The molecule has 1 aliphatic heterocycles. The molecule has 0 bridgehead atoms. The van der Waals surface area contributed by atoms with E-state index in [1.165, 1.54) is 21.6 Å². The van der Waals surface area contributed by atoms with Gasteiger partial charge in [-0.25, -0.2) is 4.37 Å². The van der Waals surface area contributed by atoms with Crippen molar-refractivity contribution >= 4 is 23.1 Å². The van der Waals surface area contributed by atoms with Gasteiger partial charge in [-0.15, -0.1) is 5.10 Å². The molecule has 1 saturated heterocycles. The summed E-state index contributed by atoms with van der Waals surface area (Å²) < 4.78 is 5.66. The number of tetrazole rings is 1. The second kappa shape index (κ2) is 6.10. The summed E-state index contributed by atoms with van der Waals surface area (Å²) in [5.74, 6) is -0.100. The maximum atomic E-state index is 12.7. The van der Waals surface area contributed by atoms with Crippen molar-refractivity contribution in [1.82, 2.24) is 34.6 Å². The minimum atomic E-state index is -0.100. The number of nitrogens with one attached hydrogen (secondary N) is 1. The van der Waals surface area contributed by atoms with Crippen LogP contribution in [0.1, 0.15) is 35.3 Å². The van der Waals surface area contributed by atoms with Crippen molar-refractivity contribution in [2.24, 2.45) is 5.41 Å². The third-order valence-electron chi connectivity index (χ3n) is 5.69. The van der Waals surface area contributed by atoms with E-state index in [1.807, 2.05) is 6.20 Å². The van der Waals surface area contributed by atoms with Crippen molar-refractivity contribution in [2.75, 3.05) is 13.1 Å². The van der Waals surface area contributed by atoms with E-state index in [-0.39, 0.29) is 17.4 Å². The lowest BCUT2D eigenvalue weighted by Crippen LogP contribution is -2.38. The summed E-state index contributed by atoms with van der Waals surface area (Å²) in [6.07, 6.45) is 5.28. The first-order valence-electron chi connectivity index (χ1n) is 8.82. The molecule has 8 nitrogen and oxygen atoms in total. The molecular weight excluding hydrogens is 350 g/mol. The number of rotatable bonds is 4. The van der Waals surface area contributed by atoms with E-state index in [0.717, 1.165) is 38.9 Å². The standard InChI is InChI=1S/C17H19N7OS/c25-16(13-2-1-3-15-20-21-22-24(13)15)19-14-8-17(14)4-6-23(7-5-17)10-12-9-18-26-11-12/h1-3,9,11,14H,4-8,10H2,(H,19,25). The fourth-order valence-corrected chi connectivity index (χ4v) is 4.52. The second-order valence-electron chi connectivity index (χ2n) is 7.26. The van der Waals surface area contributed by atoms with Gasteiger partial charge in [0.1, 0.15) is 5.69 Å². The van der Waals surface area contributed by atoms with Crippen LogP contribution >= 0.6 is 11.5 Å². The third-order valence-corrected chi connectivity index (χ3v) is 6.33. The van der Waals surface area contributed by atoms with Crippen LogP contribution in [0.2, 0.25) is 0 Å². The summed E-state index contributed by atoms with van der Waals surface area (Å²) in [7, 11) is 0. The molecule has 2 aliphatic rings. The molecule has 1 amide bonds. The molecule has 26 heavy (non-hydrogen) atoms. The quantitative estimate of drug-likeness (QED) is 0.747. The lowest BCUT2D eigenvalue weighted by atomic mass is 9.92. The van der Waals surface area contributed by atoms with Gasteiger partial charge in [0.2, 0.25) is 0 Å². The summed E-state index contributed by atoms with van der Waals surface area (Å²) in [5, 5.41) is 16.7. The van der Waals surface area contributed by atoms with Crippen LogP contribution in [0, 0.1) is 5.41 Å². The van der Waals surface area contributed by atoms with Gasteiger partial charge < -0.3 is 5.32 Å². The Hall–Kier alpha value is -2.39. The maximum Gasteiger partial charge on any atom is 0.270 e. The number of hydrogen-bond donors (Lipinski definition) is 1. The molecular formula is C17H19N7OS. The van der Waals surface area contributed by atoms with Crippen molar-refractivity contribution in [3.05, 3.63) is 41.0 Å². The monoisotopic (exact) mass is 369 g/mol. The molecule has 9 heteroatoms. The van der Waals surface area contributed by atoms with Crippen molar-refractivity contribution in [2.45, 2.75) is 31.8 Å². The summed E-state index contributed by atoms with van der Waals surface area (Å²) in [6.45, 7) is 3.13. The maximum absolute atomic E-state index is 12.7. The first kappa shape index (κ1) is 15.8. The molecule has 1 unspecified atom stereocenters. The molecule has 1 spiro atoms. The van der Waals surface area contributed by atoms with Gasteiger partial charge in [-0.2, -0.15) is 4.52 Å². The molecule has 1 atom stereocenters. The van der Waals surface area contributed by atoms with Gasteiger partial charge >= 0.3 is 0 Å². The van der Waals surface area contributed by atoms with Crippen LogP contribution in [0.3, 0.4) is 0 Å². The molecule has 1 N–H and O–H groups in total. The van der Waals surface area contributed by atoms with Gasteiger partial charge in [-0.05, 0) is 77.4 Å². The molecule has 4 heterocycles. The Kier molecular flexibility index (Phi) is 3.71. The average molecular weight is 369 g/mol. The topological polar surface area (TPSA) is 88.3 Å². The number of carbonyl (C=O) groups excluding carboxylic acids is 1. The van der Waals surface area contributed by atoms with E-state index in [2.05, 4.69) is 35.5 Å². The van der Waals surface area contributed by atoms with E-state index in [1.54, 1.807) is 18.2 Å². The van der Waals surface area contributed by atoms with E-state index < -0.39 is 0 Å². The second-order valence-corrected chi connectivity index (χ2v) is 7.92. The summed E-state index contributed by atoms with van der Waals surface area (Å²) in [5.41, 5.74) is 2.63. The Labute approximate surface area is 154 Å². The fourth-order valence-electron chi connectivity index (χ4n) is 3.99. The highest BCUT2D eigenvalue weighted by atomic mass is 32.1. The molecule has 1 saturated carbocycles. The van der Waals surface area contributed by atoms with Crippen molar-refractivity contribution < 1.29 is 4.79 Å². The molecule has 2 fully saturated rings. The van der Waals surface area contributed by atoms with E-state index in [4.69, 9.17) is 0 Å². The fraction of sp³-hybridized carbons (Fsp3) is 0.471. The Bertz CT molecular complexity index is 930. The molecule has 3 aromatic rings. The van der Waals surface area contributed by atoms with E-state index in [0.29, 0.717) is 11.3 Å². The SMILES string of the molecule is O=C(NC1CC12CCN(Cc1cnsc1)CC2)c1cccc2nnnn12.